The van der Waals surface area contributed by atoms with Crippen LogP contribution in [0.5, 0.6) is 0 Å². The SMILES string of the molecule is CC.CC.CCCCN(CCCCN1CCNCC1)C(C)=O. The van der Waals surface area contributed by atoms with Crippen LogP contribution in [0.1, 0.15) is 67.2 Å². The van der Waals surface area contributed by atoms with E-state index in [0.717, 1.165) is 45.4 Å². The Balaban J connectivity index is 0. The zero-order valence-corrected chi connectivity index (χ0v) is 16.1. The van der Waals surface area contributed by atoms with Crippen molar-refractivity contribution in [2.45, 2.75) is 67.2 Å². The van der Waals surface area contributed by atoms with Gasteiger partial charge in [0.2, 0.25) is 5.91 Å². The van der Waals surface area contributed by atoms with Gasteiger partial charge in [0.25, 0.3) is 0 Å². The van der Waals surface area contributed by atoms with Crippen LogP contribution in [-0.2, 0) is 4.79 Å². The third-order valence-electron chi connectivity index (χ3n) is 3.59. The second-order valence-corrected chi connectivity index (χ2v) is 5.16. The molecule has 0 spiro atoms. The average Bonchev–Trinajstić information content (AvgIpc) is 2.58. The summed E-state index contributed by atoms with van der Waals surface area (Å²) in [5, 5.41) is 3.37. The van der Waals surface area contributed by atoms with Gasteiger partial charge < -0.3 is 15.1 Å². The minimum absolute atomic E-state index is 0.227. The lowest BCUT2D eigenvalue weighted by atomic mass is 10.2. The van der Waals surface area contributed by atoms with E-state index in [-0.39, 0.29) is 5.91 Å². The molecule has 0 radical (unpaired) electrons. The Morgan fingerprint density at radius 1 is 1.00 bits per heavy atom. The van der Waals surface area contributed by atoms with E-state index in [1.807, 2.05) is 32.6 Å². The third-order valence-corrected chi connectivity index (χ3v) is 3.59. The lowest BCUT2D eigenvalue weighted by Gasteiger charge is -2.27. The number of carbonyl (C=O) groups excluding carboxylic acids is 1. The van der Waals surface area contributed by atoms with Gasteiger partial charge in [0, 0.05) is 46.2 Å². The third kappa shape index (κ3) is 13.1. The number of unbranched alkanes of at least 4 members (excludes halogenated alkanes) is 2. The van der Waals surface area contributed by atoms with E-state index in [1.54, 1.807) is 6.92 Å². The Kier molecular flexibility index (Phi) is 19.8. The molecule has 1 N–H and O–H groups in total. The van der Waals surface area contributed by atoms with Crippen molar-refractivity contribution in [3.8, 4) is 0 Å². The summed E-state index contributed by atoms with van der Waals surface area (Å²) >= 11 is 0. The van der Waals surface area contributed by atoms with Gasteiger partial charge >= 0.3 is 0 Å². The van der Waals surface area contributed by atoms with Crippen LogP contribution in [-0.4, -0.2) is 61.5 Å². The first-order chi connectivity index (χ1) is 10.7. The van der Waals surface area contributed by atoms with Gasteiger partial charge in [-0.2, -0.15) is 0 Å². The molecule has 0 unspecified atom stereocenters. The summed E-state index contributed by atoms with van der Waals surface area (Å²) in [6.07, 6.45) is 4.62. The molecule has 4 nitrogen and oxygen atoms in total. The molecular weight excluding hydrogens is 274 g/mol. The van der Waals surface area contributed by atoms with Gasteiger partial charge in [0.15, 0.2) is 0 Å². The van der Waals surface area contributed by atoms with Gasteiger partial charge in [-0.15, -0.1) is 0 Å². The second-order valence-electron chi connectivity index (χ2n) is 5.16. The smallest absolute Gasteiger partial charge is 0.219 e. The fraction of sp³-hybridized carbons (Fsp3) is 0.944. The molecule has 0 aromatic carbocycles. The summed E-state index contributed by atoms with van der Waals surface area (Å²) in [5.41, 5.74) is 0. The van der Waals surface area contributed by atoms with Crippen LogP contribution in [0.2, 0.25) is 0 Å². The Labute approximate surface area is 139 Å². The summed E-state index contributed by atoms with van der Waals surface area (Å²) in [5.74, 6) is 0.227. The second kappa shape index (κ2) is 18.4. The van der Waals surface area contributed by atoms with E-state index in [4.69, 9.17) is 0 Å². The van der Waals surface area contributed by atoms with Crippen LogP contribution < -0.4 is 5.32 Å². The molecule has 4 heteroatoms. The maximum Gasteiger partial charge on any atom is 0.219 e. The highest BCUT2D eigenvalue weighted by atomic mass is 16.2. The molecule has 0 aromatic rings. The number of nitrogens with one attached hydrogen (secondary N) is 1. The maximum absolute atomic E-state index is 11.5. The van der Waals surface area contributed by atoms with Gasteiger partial charge in [0.05, 0.1) is 0 Å². The number of hydrogen-bond acceptors (Lipinski definition) is 3. The number of nitrogens with zero attached hydrogens (tertiary/aromatic N) is 2. The number of piperazine rings is 1. The Bertz CT molecular complexity index is 228. The molecule has 0 bridgehead atoms. The summed E-state index contributed by atoms with van der Waals surface area (Å²) < 4.78 is 0. The fourth-order valence-corrected chi connectivity index (χ4v) is 2.35. The van der Waals surface area contributed by atoms with Crippen molar-refractivity contribution >= 4 is 5.91 Å². The lowest BCUT2D eigenvalue weighted by Crippen LogP contribution is -2.43. The average molecular weight is 316 g/mol. The molecule has 0 atom stereocenters. The first-order valence-corrected chi connectivity index (χ1v) is 9.42. The van der Waals surface area contributed by atoms with Gasteiger partial charge in [-0.25, -0.2) is 0 Å². The zero-order valence-electron chi connectivity index (χ0n) is 16.1. The lowest BCUT2D eigenvalue weighted by molar-refractivity contribution is -0.129. The molecule has 1 amide bonds. The van der Waals surface area contributed by atoms with Gasteiger partial charge in [0.1, 0.15) is 0 Å². The highest BCUT2D eigenvalue weighted by Gasteiger charge is 2.10. The summed E-state index contributed by atoms with van der Waals surface area (Å²) in [6.45, 7) is 19.5. The van der Waals surface area contributed by atoms with Crippen LogP contribution in [0.4, 0.5) is 0 Å². The van der Waals surface area contributed by atoms with Crippen LogP contribution in [0, 0.1) is 0 Å². The van der Waals surface area contributed by atoms with E-state index in [1.165, 1.54) is 26.1 Å². The largest absolute Gasteiger partial charge is 0.343 e. The van der Waals surface area contributed by atoms with E-state index >= 15 is 0 Å². The van der Waals surface area contributed by atoms with Crippen molar-refractivity contribution in [3.63, 3.8) is 0 Å². The Morgan fingerprint density at radius 2 is 1.55 bits per heavy atom. The van der Waals surface area contributed by atoms with Gasteiger partial charge in [-0.3, -0.25) is 4.79 Å². The molecule has 0 aliphatic carbocycles. The highest BCUT2D eigenvalue weighted by Crippen LogP contribution is 2.02. The number of hydrogen-bond donors (Lipinski definition) is 1. The van der Waals surface area contributed by atoms with E-state index < -0.39 is 0 Å². The van der Waals surface area contributed by atoms with Crippen LogP contribution in [0.15, 0.2) is 0 Å². The van der Waals surface area contributed by atoms with Crippen molar-refractivity contribution in [1.29, 1.82) is 0 Å². The highest BCUT2D eigenvalue weighted by molar-refractivity contribution is 5.73. The molecular formula is C18H41N3O. The van der Waals surface area contributed by atoms with Crippen molar-refractivity contribution < 1.29 is 4.79 Å². The van der Waals surface area contributed by atoms with Crippen molar-refractivity contribution in [1.82, 2.24) is 15.1 Å². The first kappa shape index (κ1) is 23.7. The van der Waals surface area contributed by atoms with Crippen molar-refractivity contribution in [2.75, 3.05) is 45.8 Å². The predicted octanol–water partition coefficient (Wildman–Crippen LogP) is 3.37. The maximum atomic E-state index is 11.5. The molecule has 134 valence electrons. The molecule has 1 aliphatic rings. The fourth-order valence-electron chi connectivity index (χ4n) is 2.35. The molecule has 0 aromatic heterocycles. The van der Waals surface area contributed by atoms with Crippen LogP contribution in [0.3, 0.4) is 0 Å². The van der Waals surface area contributed by atoms with Crippen molar-refractivity contribution in [3.05, 3.63) is 0 Å². The molecule has 22 heavy (non-hydrogen) atoms. The number of amides is 1. The van der Waals surface area contributed by atoms with Gasteiger partial charge in [-0.1, -0.05) is 41.0 Å². The summed E-state index contributed by atoms with van der Waals surface area (Å²) in [4.78, 5) is 16.0. The molecule has 1 fully saturated rings. The Morgan fingerprint density at radius 3 is 2.05 bits per heavy atom. The van der Waals surface area contributed by atoms with Gasteiger partial charge in [-0.05, 0) is 25.8 Å². The minimum atomic E-state index is 0.227. The Hall–Kier alpha value is -0.610. The molecule has 1 rings (SSSR count). The molecule has 1 aliphatic heterocycles. The molecule has 1 saturated heterocycles. The van der Waals surface area contributed by atoms with E-state index in [9.17, 15) is 4.79 Å². The standard InChI is InChI=1S/C14H29N3O.2C2H6/c1-3-4-10-17(14(2)18)11-6-5-9-16-12-7-15-8-13-16;2*1-2/h15H,3-13H2,1-2H3;2*1-2H3. The monoisotopic (exact) mass is 315 g/mol. The normalized spacial score (nSPS) is 14.3. The number of rotatable bonds is 8. The molecule has 1 heterocycles. The van der Waals surface area contributed by atoms with Crippen molar-refractivity contribution in [2.24, 2.45) is 0 Å². The van der Waals surface area contributed by atoms with Crippen LogP contribution in [0.25, 0.3) is 0 Å². The zero-order chi connectivity index (χ0) is 17.2. The van der Waals surface area contributed by atoms with E-state index in [2.05, 4.69) is 17.1 Å². The quantitative estimate of drug-likeness (QED) is 0.698. The summed E-state index contributed by atoms with van der Waals surface area (Å²) in [6, 6.07) is 0. The van der Waals surface area contributed by atoms with E-state index in [0.29, 0.717) is 0 Å². The predicted molar refractivity (Wildman–Crippen MR) is 98.4 cm³/mol. The minimum Gasteiger partial charge on any atom is -0.343 e. The summed E-state index contributed by atoms with van der Waals surface area (Å²) in [7, 11) is 0. The number of carbonyl (C=O) groups is 1. The topological polar surface area (TPSA) is 35.6 Å². The molecule has 0 saturated carbocycles. The first-order valence-electron chi connectivity index (χ1n) is 9.42. The van der Waals surface area contributed by atoms with Crippen LogP contribution >= 0.6 is 0 Å².